The van der Waals surface area contributed by atoms with E-state index in [1.54, 1.807) is 24.3 Å². The zero-order chi connectivity index (χ0) is 29.1. The minimum absolute atomic E-state index is 0.00514. The summed E-state index contributed by atoms with van der Waals surface area (Å²) in [7, 11) is -4.41. The lowest BCUT2D eigenvalue weighted by molar-refractivity contribution is -0.113. The SMILES string of the molecule is CCCCCCCCCCCCCCCCOCCCOP(=O)(O)C(=O)CCCN1C(=O)c2ccccc2C1=O. The Morgan fingerprint density at radius 2 is 1.20 bits per heavy atom. The van der Waals surface area contributed by atoms with E-state index in [4.69, 9.17) is 9.26 Å². The van der Waals surface area contributed by atoms with Crippen molar-refractivity contribution in [2.45, 2.75) is 116 Å². The second-order valence-electron chi connectivity index (χ2n) is 10.7. The number of hydrogen-bond donors (Lipinski definition) is 1. The summed E-state index contributed by atoms with van der Waals surface area (Å²) in [6, 6.07) is 6.53. The highest BCUT2D eigenvalue weighted by Gasteiger charge is 2.35. The Kier molecular flexibility index (Phi) is 17.2. The quantitative estimate of drug-likeness (QED) is 0.0718. The molecule has 0 saturated carbocycles. The third-order valence-electron chi connectivity index (χ3n) is 7.31. The van der Waals surface area contributed by atoms with Crippen LogP contribution in [0, 0.1) is 0 Å². The topological polar surface area (TPSA) is 110 Å². The van der Waals surface area contributed by atoms with Crippen molar-refractivity contribution in [1.29, 1.82) is 0 Å². The summed E-state index contributed by atoms with van der Waals surface area (Å²) < 4.78 is 22.8. The molecule has 0 bridgehead atoms. The summed E-state index contributed by atoms with van der Waals surface area (Å²) >= 11 is 0. The molecule has 1 aromatic rings. The molecule has 0 fully saturated rings. The molecule has 2 rings (SSSR count). The van der Waals surface area contributed by atoms with Crippen LogP contribution in [0.5, 0.6) is 0 Å². The third kappa shape index (κ3) is 12.8. The molecule has 0 saturated heterocycles. The highest BCUT2D eigenvalue weighted by Crippen LogP contribution is 2.44. The second kappa shape index (κ2) is 20.1. The Bertz CT molecular complexity index is 916. The minimum Gasteiger partial charge on any atom is -0.381 e. The molecule has 1 aromatic carbocycles. The number of benzene rings is 1. The molecule has 1 aliphatic heterocycles. The van der Waals surface area contributed by atoms with Crippen LogP contribution in [0.4, 0.5) is 0 Å². The average molecular weight is 580 g/mol. The molecule has 2 amide bonds. The van der Waals surface area contributed by atoms with Gasteiger partial charge in [0, 0.05) is 26.2 Å². The Morgan fingerprint density at radius 3 is 1.73 bits per heavy atom. The molecule has 1 aliphatic rings. The molecule has 40 heavy (non-hydrogen) atoms. The number of ether oxygens (including phenoxy) is 1. The van der Waals surface area contributed by atoms with E-state index in [2.05, 4.69) is 6.92 Å². The molecule has 1 atom stereocenters. The van der Waals surface area contributed by atoms with Crippen molar-refractivity contribution < 1.29 is 33.1 Å². The number of carbonyl (C=O) groups is 3. The number of amides is 2. The predicted molar refractivity (Wildman–Crippen MR) is 158 cm³/mol. The zero-order valence-electron chi connectivity index (χ0n) is 24.4. The van der Waals surface area contributed by atoms with Gasteiger partial charge >= 0.3 is 7.60 Å². The number of rotatable bonds is 25. The van der Waals surface area contributed by atoms with Gasteiger partial charge in [-0.05, 0) is 31.4 Å². The summed E-state index contributed by atoms with van der Waals surface area (Å²) in [6.07, 6.45) is 18.6. The third-order valence-corrected chi connectivity index (χ3v) is 8.69. The number of fused-ring (bicyclic) bond motifs is 1. The molecule has 0 spiro atoms. The van der Waals surface area contributed by atoms with Gasteiger partial charge in [-0.25, -0.2) is 0 Å². The Balaban J connectivity index is 1.39. The zero-order valence-corrected chi connectivity index (χ0v) is 25.3. The van der Waals surface area contributed by atoms with Crippen molar-refractivity contribution in [3.8, 4) is 0 Å². The molecule has 1 heterocycles. The monoisotopic (exact) mass is 579 g/mol. The average Bonchev–Trinajstić information content (AvgIpc) is 3.19. The van der Waals surface area contributed by atoms with E-state index >= 15 is 0 Å². The van der Waals surface area contributed by atoms with Crippen LogP contribution < -0.4 is 0 Å². The van der Waals surface area contributed by atoms with Crippen molar-refractivity contribution in [1.82, 2.24) is 4.90 Å². The number of carbonyl (C=O) groups excluding carboxylic acids is 3. The number of nitrogens with zero attached hydrogens (tertiary/aromatic N) is 1. The molecular weight excluding hydrogens is 529 g/mol. The van der Waals surface area contributed by atoms with Gasteiger partial charge in [0.25, 0.3) is 11.8 Å². The molecule has 0 aliphatic carbocycles. The van der Waals surface area contributed by atoms with E-state index in [1.165, 1.54) is 77.0 Å². The number of unbranched alkanes of at least 4 members (excludes halogenated alkanes) is 13. The molecular formula is C31H50NO7P. The van der Waals surface area contributed by atoms with Crippen molar-refractivity contribution in [3.05, 3.63) is 35.4 Å². The van der Waals surface area contributed by atoms with Crippen LogP contribution in [0.2, 0.25) is 0 Å². The van der Waals surface area contributed by atoms with Crippen molar-refractivity contribution >= 4 is 24.9 Å². The van der Waals surface area contributed by atoms with Gasteiger partial charge in [-0.2, -0.15) is 0 Å². The van der Waals surface area contributed by atoms with Gasteiger partial charge in [0.1, 0.15) is 0 Å². The Morgan fingerprint density at radius 1 is 0.725 bits per heavy atom. The number of imide groups is 1. The highest BCUT2D eigenvalue weighted by molar-refractivity contribution is 7.70. The van der Waals surface area contributed by atoms with Crippen LogP contribution in [0.1, 0.15) is 137 Å². The van der Waals surface area contributed by atoms with E-state index in [0.29, 0.717) is 30.8 Å². The van der Waals surface area contributed by atoms with E-state index in [0.717, 1.165) is 17.7 Å². The smallest absolute Gasteiger partial charge is 0.381 e. The Hall–Kier alpha value is -1.86. The standard InChI is InChI=1S/C31H50NO7P/c1-2-3-4-5-6-7-8-9-10-11-12-13-14-17-24-38-25-19-26-39-40(36,37)29(33)22-18-23-32-30(34)27-20-15-16-21-28(27)31(32)35/h15-16,20-21H,2-14,17-19,22-26H2,1H3,(H,36,37). The fraction of sp³-hybridized carbons (Fsp3) is 0.710. The van der Waals surface area contributed by atoms with Gasteiger partial charge in [0.05, 0.1) is 17.7 Å². The van der Waals surface area contributed by atoms with E-state index in [-0.39, 0.29) is 26.0 Å². The molecule has 8 nitrogen and oxygen atoms in total. The lowest BCUT2D eigenvalue weighted by Gasteiger charge is -2.14. The maximum atomic E-state index is 12.4. The van der Waals surface area contributed by atoms with Gasteiger partial charge in [0.2, 0.25) is 5.52 Å². The molecule has 226 valence electrons. The summed E-state index contributed by atoms with van der Waals surface area (Å²) in [6.45, 7) is 3.28. The van der Waals surface area contributed by atoms with Gasteiger partial charge < -0.3 is 14.2 Å². The van der Waals surface area contributed by atoms with Gasteiger partial charge in [-0.15, -0.1) is 0 Å². The van der Waals surface area contributed by atoms with Gasteiger partial charge in [-0.1, -0.05) is 103 Å². The summed E-state index contributed by atoms with van der Waals surface area (Å²) in [5, 5.41) is 0. The fourth-order valence-electron chi connectivity index (χ4n) is 4.89. The maximum absolute atomic E-state index is 12.4. The van der Waals surface area contributed by atoms with E-state index < -0.39 is 24.9 Å². The maximum Gasteiger partial charge on any atom is 0.394 e. The van der Waals surface area contributed by atoms with Crippen LogP contribution >= 0.6 is 7.60 Å². The molecule has 9 heteroatoms. The van der Waals surface area contributed by atoms with Crippen LogP contribution in [-0.2, 0) is 18.6 Å². The fourth-order valence-corrected chi connectivity index (χ4v) is 5.86. The summed E-state index contributed by atoms with van der Waals surface area (Å²) in [5.74, 6) is -0.823. The number of hydrogen-bond acceptors (Lipinski definition) is 6. The first-order valence-corrected chi connectivity index (χ1v) is 17.0. The second-order valence-corrected chi connectivity index (χ2v) is 12.5. The van der Waals surface area contributed by atoms with Crippen LogP contribution in [0.25, 0.3) is 0 Å². The first kappa shape index (κ1) is 34.3. The van der Waals surface area contributed by atoms with Crippen molar-refractivity contribution in [2.75, 3.05) is 26.4 Å². The molecule has 0 radical (unpaired) electrons. The van der Waals surface area contributed by atoms with Crippen LogP contribution in [-0.4, -0.2) is 53.5 Å². The lowest BCUT2D eigenvalue weighted by atomic mass is 10.0. The highest BCUT2D eigenvalue weighted by atomic mass is 31.2. The first-order valence-electron chi connectivity index (χ1n) is 15.4. The van der Waals surface area contributed by atoms with Crippen LogP contribution in [0.3, 0.4) is 0 Å². The van der Waals surface area contributed by atoms with E-state index in [9.17, 15) is 23.8 Å². The molecule has 0 aromatic heterocycles. The van der Waals surface area contributed by atoms with Gasteiger partial charge in [-0.3, -0.25) is 23.8 Å². The van der Waals surface area contributed by atoms with E-state index in [1.807, 2.05) is 0 Å². The summed E-state index contributed by atoms with van der Waals surface area (Å²) in [4.78, 5) is 47.9. The lowest BCUT2D eigenvalue weighted by Crippen LogP contribution is -2.31. The molecule has 1 N–H and O–H groups in total. The van der Waals surface area contributed by atoms with Crippen molar-refractivity contribution in [3.63, 3.8) is 0 Å². The Labute approximate surface area is 240 Å². The minimum atomic E-state index is -4.41. The predicted octanol–water partition coefficient (Wildman–Crippen LogP) is 7.68. The molecule has 1 unspecified atom stereocenters. The first-order chi connectivity index (χ1) is 19.4. The largest absolute Gasteiger partial charge is 0.394 e. The van der Waals surface area contributed by atoms with Crippen molar-refractivity contribution in [2.24, 2.45) is 0 Å². The van der Waals surface area contributed by atoms with Gasteiger partial charge in [0.15, 0.2) is 0 Å². The van der Waals surface area contributed by atoms with Crippen LogP contribution in [0.15, 0.2) is 24.3 Å². The summed E-state index contributed by atoms with van der Waals surface area (Å²) in [5.41, 5.74) is -0.240. The normalized spacial score (nSPS) is 14.5.